The third-order valence-electron chi connectivity index (χ3n) is 3.71. The smallest absolute Gasteiger partial charge is 0.227 e. The number of rotatable bonds is 7. The van der Waals surface area contributed by atoms with Crippen molar-refractivity contribution < 1.29 is 14.3 Å². The molecule has 0 saturated carbocycles. The maximum atomic E-state index is 12.1. The van der Waals surface area contributed by atoms with Gasteiger partial charge in [0.1, 0.15) is 5.75 Å². The van der Waals surface area contributed by atoms with Gasteiger partial charge in [-0.3, -0.25) is 9.59 Å². The third-order valence-corrected chi connectivity index (χ3v) is 3.98. The van der Waals surface area contributed by atoms with Crippen molar-refractivity contribution in [1.82, 2.24) is 5.32 Å². The third kappa shape index (κ3) is 4.37. The normalized spacial score (nSPS) is 17.6. The van der Waals surface area contributed by atoms with Gasteiger partial charge >= 0.3 is 0 Å². The second-order valence-corrected chi connectivity index (χ2v) is 5.75. The summed E-state index contributed by atoms with van der Waals surface area (Å²) in [6, 6.07) is 7.42. The molecule has 1 heterocycles. The van der Waals surface area contributed by atoms with E-state index in [4.69, 9.17) is 16.3 Å². The molecule has 1 aromatic rings. The molecule has 1 fully saturated rings. The molecule has 22 heavy (non-hydrogen) atoms. The van der Waals surface area contributed by atoms with Crippen LogP contribution in [0.25, 0.3) is 0 Å². The fourth-order valence-electron chi connectivity index (χ4n) is 2.50. The first kappa shape index (κ1) is 16.6. The van der Waals surface area contributed by atoms with E-state index in [-0.39, 0.29) is 17.7 Å². The molecule has 6 heteroatoms. The molecule has 1 saturated heterocycles. The molecule has 2 rings (SSSR count). The lowest BCUT2D eigenvalue weighted by molar-refractivity contribution is -0.121. The average Bonchev–Trinajstić information content (AvgIpc) is 2.92. The molecule has 2 amide bonds. The number of nitrogens with zero attached hydrogens (tertiary/aromatic N) is 1. The number of anilines is 1. The standard InChI is InChI=1S/C16H21ClN2O3/c1-22-14-6-4-13(5-7-14)19-11-12(9-16(19)21)10-18-15(20)3-2-8-17/h4-7,12H,2-3,8-11H2,1H3,(H,18,20). The quantitative estimate of drug-likeness (QED) is 0.782. The number of ether oxygens (including phenoxy) is 1. The van der Waals surface area contributed by atoms with E-state index in [1.165, 1.54) is 0 Å². The molecule has 0 spiro atoms. The predicted octanol–water partition coefficient (Wildman–Crippen LogP) is 2.18. The summed E-state index contributed by atoms with van der Waals surface area (Å²) in [7, 11) is 1.61. The van der Waals surface area contributed by atoms with Crippen LogP contribution in [0, 0.1) is 5.92 Å². The molecule has 1 aliphatic rings. The molecule has 1 unspecified atom stereocenters. The number of alkyl halides is 1. The van der Waals surface area contributed by atoms with Gasteiger partial charge in [0.25, 0.3) is 0 Å². The summed E-state index contributed by atoms with van der Waals surface area (Å²) >= 11 is 5.56. The largest absolute Gasteiger partial charge is 0.497 e. The van der Waals surface area contributed by atoms with E-state index >= 15 is 0 Å². The van der Waals surface area contributed by atoms with Crippen molar-refractivity contribution in [3.63, 3.8) is 0 Å². The molecular formula is C16H21ClN2O3. The fraction of sp³-hybridized carbons (Fsp3) is 0.500. The zero-order valence-electron chi connectivity index (χ0n) is 12.7. The number of nitrogens with one attached hydrogen (secondary N) is 1. The highest BCUT2D eigenvalue weighted by atomic mass is 35.5. The van der Waals surface area contributed by atoms with Crippen LogP contribution in [0.5, 0.6) is 5.75 Å². The molecule has 1 atom stereocenters. The van der Waals surface area contributed by atoms with Gasteiger partial charge in [-0.1, -0.05) is 0 Å². The summed E-state index contributed by atoms with van der Waals surface area (Å²) in [6.45, 7) is 1.15. The predicted molar refractivity (Wildman–Crippen MR) is 86.4 cm³/mol. The summed E-state index contributed by atoms with van der Waals surface area (Å²) < 4.78 is 5.12. The molecule has 1 aliphatic heterocycles. The fourth-order valence-corrected chi connectivity index (χ4v) is 2.64. The molecule has 5 nitrogen and oxygen atoms in total. The Morgan fingerprint density at radius 2 is 2.14 bits per heavy atom. The van der Waals surface area contributed by atoms with Gasteiger partial charge in [-0.2, -0.15) is 0 Å². The van der Waals surface area contributed by atoms with Crippen molar-refractivity contribution in [2.75, 3.05) is 31.0 Å². The number of hydrogen-bond acceptors (Lipinski definition) is 3. The van der Waals surface area contributed by atoms with E-state index in [0.717, 1.165) is 11.4 Å². The maximum absolute atomic E-state index is 12.1. The lowest BCUT2D eigenvalue weighted by Gasteiger charge is -2.17. The zero-order chi connectivity index (χ0) is 15.9. The number of amides is 2. The molecule has 0 aliphatic carbocycles. The molecule has 0 aromatic heterocycles. The van der Waals surface area contributed by atoms with Crippen molar-refractivity contribution in [3.8, 4) is 5.75 Å². The first-order valence-electron chi connectivity index (χ1n) is 7.41. The van der Waals surface area contributed by atoms with Crippen molar-refractivity contribution >= 4 is 29.1 Å². The SMILES string of the molecule is COc1ccc(N2CC(CNC(=O)CCCCl)CC2=O)cc1. The highest BCUT2D eigenvalue weighted by molar-refractivity contribution is 6.17. The first-order chi connectivity index (χ1) is 10.6. The molecule has 0 bridgehead atoms. The van der Waals surface area contributed by atoms with Gasteiger partial charge < -0.3 is 15.0 Å². The van der Waals surface area contributed by atoms with Crippen LogP contribution in [0.4, 0.5) is 5.69 Å². The number of methoxy groups -OCH3 is 1. The number of carbonyl (C=O) groups is 2. The summed E-state index contributed by atoms with van der Waals surface area (Å²) in [5.74, 6) is 1.48. The second-order valence-electron chi connectivity index (χ2n) is 5.37. The number of carbonyl (C=O) groups excluding carboxylic acids is 2. The summed E-state index contributed by atoms with van der Waals surface area (Å²) in [4.78, 5) is 25.5. The van der Waals surface area contributed by atoms with Gasteiger partial charge in [-0.25, -0.2) is 0 Å². The topological polar surface area (TPSA) is 58.6 Å². The Kier molecular flexibility index (Phi) is 6.07. The van der Waals surface area contributed by atoms with E-state index in [1.807, 2.05) is 24.3 Å². The van der Waals surface area contributed by atoms with Gasteiger partial charge in [0, 0.05) is 43.4 Å². The van der Waals surface area contributed by atoms with Gasteiger partial charge in [-0.15, -0.1) is 11.6 Å². The summed E-state index contributed by atoms with van der Waals surface area (Å²) in [6.07, 6.45) is 1.57. The number of hydrogen-bond donors (Lipinski definition) is 1. The van der Waals surface area contributed by atoms with E-state index < -0.39 is 0 Å². The van der Waals surface area contributed by atoms with Crippen LogP contribution in [0.15, 0.2) is 24.3 Å². The Morgan fingerprint density at radius 1 is 1.41 bits per heavy atom. The highest BCUT2D eigenvalue weighted by Gasteiger charge is 2.30. The minimum atomic E-state index is -0.00371. The Balaban J connectivity index is 1.86. The van der Waals surface area contributed by atoms with E-state index in [9.17, 15) is 9.59 Å². The lowest BCUT2D eigenvalue weighted by atomic mass is 10.1. The summed E-state index contributed by atoms with van der Waals surface area (Å²) in [5, 5.41) is 2.87. The zero-order valence-corrected chi connectivity index (χ0v) is 13.4. The van der Waals surface area contributed by atoms with Crippen LogP contribution < -0.4 is 15.0 Å². The van der Waals surface area contributed by atoms with E-state index in [0.29, 0.717) is 38.2 Å². The summed E-state index contributed by atoms with van der Waals surface area (Å²) in [5.41, 5.74) is 0.863. The molecule has 120 valence electrons. The molecule has 1 aromatic carbocycles. The van der Waals surface area contributed by atoms with Crippen molar-refractivity contribution in [1.29, 1.82) is 0 Å². The first-order valence-corrected chi connectivity index (χ1v) is 7.94. The van der Waals surface area contributed by atoms with Crippen LogP contribution >= 0.6 is 11.6 Å². The van der Waals surface area contributed by atoms with Crippen molar-refractivity contribution in [3.05, 3.63) is 24.3 Å². The minimum Gasteiger partial charge on any atom is -0.497 e. The Morgan fingerprint density at radius 3 is 2.77 bits per heavy atom. The van der Waals surface area contributed by atoms with Crippen molar-refractivity contribution in [2.45, 2.75) is 19.3 Å². The minimum absolute atomic E-state index is 0.00371. The van der Waals surface area contributed by atoms with Crippen LogP contribution in [-0.4, -0.2) is 37.9 Å². The Bertz CT molecular complexity index is 519. The molecule has 1 N–H and O–H groups in total. The van der Waals surface area contributed by atoms with Gasteiger partial charge in [0.05, 0.1) is 7.11 Å². The molecular weight excluding hydrogens is 304 g/mol. The van der Waals surface area contributed by atoms with Crippen molar-refractivity contribution in [2.24, 2.45) is 5.92 Å². The van der Waals surface area contributed by atoms with Crippen LogP contribution in [0.2, 0.25) is 0 Å². The number of benzene rings is 1. The monoisotopic (exact) mass is 324 g/mol. The maximum Gasteiger partial charge on any atom is 0.227 e. The highest BCUT2D eigenvalue weighted by Crippen LogP contribution is 2.26. The van der Waals surface area contributed by atoms with Gasteiger partial charge in [-0.05, 0) is 30.7 Å². The Labute approximate surface area is 135 Å². The van der Waals surface area contributed by atoms with Crippen LogP contribution in [-0.2, 0) is 9.59 Å². The molecule has 0 radical (unpaired) electrons. The Hall–Kier alpha value is -1.75. The van der Waals surface area contributed by atoms with Gasteiger partial charge in [0.15, 0.2) is 0 Å². The van der Waals surface area contributed by atoms with E-state index in [2.05, 4.69) is 5.32 Å². The van der Waals surface area contributed by atoms with Crippen LogP contribution in [0.3, 0.4) is 0 Å². The van der Waals surface area contributed by atoms with Crippen LogP contribution in [0.1, 0.15) is 19.3 Å². The van der Waals surface area contributed by atoms with E-state index in [1.54, 1.807) is 12.0 Å². The average molecular weight is 325 g/mol. The second kappa shape index (κ2) is 8.03. The van der Waals surface area contributed by atoms with Gasteiger partial charge in [0.2, 0.25) is 11.8 Å². The lowest BCUT2D eigenvalue weighted by Crippen LogP contribution is -2.31. The number of halogens is 1.